The molecule has 3 aromatic rings. The maximum atomic E-state index is 12.8. The molecule has 0 atom stereocenters. The minimum absolute atomic E-state index is 0.105. The number of ether oxygens (including phenoxy) is 1. The second-order valence-electron chi connectivity index (χ2n) is 5.43. The van der Waals surface area contributed by atoms with E-state index in [0.29, 0.717) is 18.1 Å². The summed E-state index contributed by atoms with van der Waals surface area (Å²) < 4.78 is 13.4. The van der Waals surface area contributed by atoms with Gasteiger partial charge in [0.2, 0.25) is 5.71 Å². The molecule has 0 amide bonds. The van der Waals surface area contributed by atoms with Crippen molar-refractivity contribution in [3.05, 3.63) is 33.8 Å². The summed E-state index contributed by atoms with van der Waals surface area (Å²) in [5, 5.41) is 11.6. The number of nitrogens with zero attached hydrogens (tertiary/aromatic N) is 6. The summed E-state index contributed by atoms with van der Waals surface area (Å²) >= 11 is 0. The molecular formula is C15H18N6O4. The molecular weight excluding hydrogens is 328 g/mol. The molecule has 0 saturated carbocycles. The molecule has 3 heterocycles. The van der Waals surface area contributed by atoms with E-state index in [0.717, 1.165) is 6.42 Å². The number of carbonyl (C=O) groups is 1. The highest BCUT2D eigenvalue weighted by Crippen LogP contribution is 2.21. The Kier molecular flexibility index (Phi) is 4.59. The van der Waals surface area contributed by atoms with Crippen LogP contribution in [0.4, 0.5) is 0 Å². The van der Waals surface area contributed by atoms with E-state index in [-0.39, 0.29) is 29.8 Å². The predicted molar refractivity (Wildman–Crippen MR) is 86.2 cm³/mol. The van der Waals surface area contributed by atoms with Gasteiger partial charge in [-0.1, -0.05) is 6.92 Å². The highest BCUT2D eigenvalue weighted by Gasteiger charge is 2.24. The molecule has 0 N–H and O–H groups in total. The standard InChI is InChI=1S/C15H18N6O4/c1-4-6-21-10(17-18-19-21)7-20-8-16-13-12(14(20)22)11(9(3)25-13)15(23)24-5-2/h8H,4-7H2,1-3H3. The quantitative estimate of drug-likeness (QED) is 0.605. The highest BCUT2D eigenvalue weighted by atomic mass is 16.5. The van der Waals surface area contributed by atoms with Crippen LogP contribution in [0.15, 0.2) is 15.5 Å². The number of carbonyl (C=O) groups excluding carboxylic acids is 1. The first-order chi connectivity index (χ1) is 12.1. The van der Waals surface area contributed by atoms with Gasteiger partial charge in [0, 0.05) is 6.54 Å². The van der Waals surface area contributed by atoms with Crippen LogP contribution in [0, 0.1) is 6.92 Å². The van der Waals surface area contributed by atoms with Gasteiger partial charge in [0.05, 0.1) is 13.2 Å². The predicted octanol–water partition coefficient (Wildman–Crippen LogP) is 0.919. The number of esters is 1. The molecule has 10 nitrogen and oxygen atoms in total. The lowest BCUT2D eigenvalue weighted by atomic mass is 10.2. The average molecular weight is 346 g/mol. The van der Waals surface area contributed by atoms with Gasteiger partial charge < -0.3 is 9.15 Å². The number of aryl methyl sites for hydroxylation is 2. The van der Waals surface area contributed by atoms with Crippen LogP contribution >= 0.6 is 0 Å². The average Bonchev–Trinajstić information content (AvgIpc) is 3.15. The van der Waals surface area contributed by atoms with Gasteiger partial charge in [-0.2, -0.15) is 0 Å². The molecule has 3 aromatic heterocycles. The van der Waals surface area contributed by atoms with Gasteiger partial charge in [-0.15, -0.1) is 5.10 Å². The van der Waals surface area contributed by atoms with Crippen molar-refractivity contribution in [3.8, 4) is 0 Å². The summed E-state index contributed by atoms with van der Waals surface area (Å²) in [6, 6.07) is 0. The number of furan rings is 1. The Morgan fingerprint density at radius 2 is 2.16 bits per heavy atom. The third-order valence-corrected chi connectivity index (χ3v) is 3.69. The minimum Gasteiger partial charge on any atom is -0.462 e. The molecule has 0 aliphatic carbocycles. The van der Waals surface area contributed by atoms with E-state index in [1.165, 1.54) is 10.9 Å². The molecule has 0 spiro atoms. The van der Waals surface area contributed by atoms with Crippen LogP contribution in [0.2, 0.25) is 0 Å². The number of hydrogen-bond acceptors (Lipinski definition) is 8. The number of fused-ring (bicyclic) bond motifs is 1. The van der Waals surface area contributed by atoms with Crippen LogP contribution in [0.3, 0.4) is 0 Å². The van der Waals surface area contributed by atoms with E-state index in [1.807, 2.05) is 6.92 Å². The summed E-state index contributed by atoms with van der Waals surface area (Å²) in [4.78, 5) is 29.1. The van der Waals surface area contributed by atoms with Crippen LogP contribution in [0.5, 0.6) is 0 Å². The summed E-state index contributed by atoms with van der Waals surface area (Å²) in [6.45, 7) is 6.28. The summed E-state index contributed by atoms with van der Waals surface area (Å²) in [7, 11) is 0. The van der Waals surface area contributed by atoms with Crippen LogP contribution in [-0.4, -0.2) is 42.3 Å². The lowest BCUT2D eigenvalue weighted by molar-refractivity contribution is 0.0526. The fourth-order valence-corrected chi connectivity index (χ4v) is 2.57. The smallest absolute Gasteiger partial charge is 0.342 e. The molecule has 25 heavy (non-hydrogen) atoms. The molecule has 0 aliphatic rings. The van der Waals surface area contributed by atoms with Crippen LogP contribution in [-0.2, 0) is 17.8 Å². The van der Waals surface area contributed by atoms with Gasteiger partial charge in [0.25, 0.3) is 5.56 Å². The first-order valence-corrected chi connectivity index (χ1v) is 7.97. The number of tetrazole rings is 1. The van der Waals surface area contributed by atoms with Crippen molar-refractivity contribution in [1.82, 2.24) is 29.8 Å². The largest absolute Gasteiger partial charge is 0.462 e. The number of aromatic nitrogens is 6. The van der Waals surface area contributed by atoms with Crippen molar-refractivity contribution < 1.29 is 13.9 Å². The molecule has 0 fully saturated rings. The van der Waals surface area contributed by atoms with Gasteiger partial charge >= 0.3 is 5.97 Å². The van der Waals surface area contributed by atoms with E-state index in [1.54, 1.807) is 18.5 Å². The van der Waals surface area contributed by atoms with E-state index in [4.69, 9.17) is 9.15 Å². The van der Waals surface area contributed by atoms with E-state index in [9.17, 15) is 9.59 Å². The first-order valence-electron chi connectivity index (χ1n) is 7.97. The second-order valence-corrected chi connectivity index (χ2v) is 5.43. The molecule has 0 unspecified atom stereocenters. The SMILES string of the molecule is CCCn1nnnc1Cn1cnc2oc(C)c(C(=O)OCC)c2c1=O. The summed E-state index contributed by atoms with van der Waals surface area (Å²) in [5.41, 5.74) is -0.192. The Balaban J connectivity index is 2.07. The molecule has 0 radical (unpaired) electrons. The third kappa shape index (κ3) is 3.02. The van der Waals surface area contributed by atoms with E-state index >= 15 is 0 Å². The Hall–Kier alpha value is -3.04. The van der Waals surface area contributed by atoms with E-state index < -0.39 is 11.5 Å². The lowest BCUT2D eigenvalue weighted by Crippen LogP contribution is -2.24. The van der Waals surface area contributed by atoms with Gasteiger partial charge in [-0.25, -0.2) is 14.5 Å². The molecule has 132 valence electrons. The normalized spacial score (nSPS) is 11.2. The minimum atomic E-state index is -0.605. The highest BCUT2D eigenvalue weighted by molar-refractivity contribution is 6.03. The van der Waals surface area contributed by atoms with Crippen molar-refractivity contribution >= 4 is 17.1 Å². The third-order valence-electron chi connectivity index (χ3n) is 3.69. The Morgan fingerprint density at radius 3 is 2.88 bits per heavy atom. The maximum absolute atomic E-state index is 12.8. The van der Waals surface area contributed by atoms with Gasteiger partial charge in [-0.05, 0) is 30.7 Å². The Labute approximate surface area is 142 Å². The molecule has 0 aromatic carbocycles. The zero-order valence-electron chi connectivity index (χ0n) is 14.2. The van der Waals surface area contributed by atoms with Gasteiger partial charge in [0.15, 0.2) is 5.82 Å². The van der Waals surface area contributed by atoms with Crippen molar-refractivity contribution in [2.75, 3.05) is 6.61 Å². The monoisotopic (exact) mass is 346 g/mol. The fraction of sp³-hybridized carbons (Fsp3) is 0.467. The van der Waals surface area contributed by atoms with Crippen LogP contribution < -0.4 is 5.56 Å². The maximum Gasteiger partial charge on any atom is 0.342 e. The fourth-order valence-electron chi connectivity index (χ4n) is 2.57. The van der Waals surface area contributed by atoms with Crippen molar-refractivity contribution in [1.29, 1.82) is 0 Å². The van der Waals surface area contributed by atoms with Crippen molar-refractivity contribution in [2.24, 2.45) is 0 Å². The zero-order chi connectivity index (χ0) is 18.0. The van der Waals surface area contributed by atoms with Crippen molar-refractivity contribution in [3.63, 3.8) is 0 Å². The molecule has 0 saturated heterocycles. The van der Waals surface area contributed by atoms with Crippen LogP contribution in [0.25, 0.3) is 11.1 Å². The lowest BCUT2D eigenvalue weighted by Gasteiger charge is -2.06. The molecule has 0 bridgehead atoms. The number of hydrogen-bond donors (Lipinski definition) is 0. The van der Waals surface area contributed by atoms with Gasteiger partial charge in [0.1, 0.15) is 23.0 Å². The zero-order valence-corrected chi connectivity index (χ0v) is 14.2. The van der Waals surface area contributed by atoms with Crippen molar-refractivity contribution in [2.45, 2.75) is 40.3 Å². The summed E-state index contributed by atoms with van der Waals surface area (Å²) in [6.07, 6.45) is 2.21. The van der Waals surface area contributed by atoms with Gasteiger partial charge in [-0.3, -0.25) is 9.36 Å². The first kappa shape index (κ1) is 16.8. The molecule has 3 rings (SSSR count). The second kappa shape index (κ2) is 6.83. The number of rotatable bonds is 6. The Bertz CT molecular complexity index is 970. The topological polar surface area (TPSA) is 118 Å². The summed E-state index contributed by atoms with van der Waals surface area (Å²) in [5.74, 6) is 0.223. The van der Waals surface area contributed by atoms with Crippen LogP contribution in [0.1, 0.15) is 42.2 Å². The molecule has 0 aliphatic heterocycles. The molecule has 10 heteroatoms. The van der Waals surface area contributed by atoms with E-state index in [2.05, 4.69) is 20.5 Å². The Morgan fingerprint density at radius 1 is 1.36 bits per heavy atom.